The quantitative estimate of drug-likeness (QED) is 0.0195. The van der Waals surface area contributed by atoms with Crippen molar-refractivity contribution in [2.75, 3.05) is 47.5 Å². The van der Waals surface area contributed by atoms with Gasteiger partial charge >= 0.3 is 11.9 Å². The van der Waals surface area contributed by atoms with Gasteiger partial charge in [-0.1, -0.05) is 276 Å². The molecule has 0 aromatic carbocycles. The van der Waals surface area contributed by atoms with Crippen LogP contribution in [0.1, 0.15) is 316 Å². The molecule has 0 aliphatic heterocycles. The van der Waals surface area contributed by atoms with Crippen molar-refractivity contribution in [1.29, 1.82) is 0 Å². The van der Waals surface area contributed by atoms with Gasteiger partial charge in [0.1, 0.15) is 19.8 Å². The Labute approximate surface area is 441 Å². The van der Waals surface area contributed by atoms with E-state index in [4.69, 9.17) is 18.5 Å². The molecule has 0 bridgehead atoms. The molecule has 0 heterocycles. The first kappa shape index (κ1) is 69.8. The van der Waals surface area contributed by atoms with Gasteiger partial charge in [-0.2, -0.15) is 0 Å². The van der Waals surface area contributed by atoms with Gasteiger partial charge in [-0.15, -0.1) is 0 Å². The highest BCUT2D eigenvalue weighted by molar-refractivity contribution is 7.45. The molecular weight excluding hydrogens is 906 g/mol. The van der Waals surface area contributed by atoms with Gasteiger partial charge in [0.15, 0.2) is 6.10 Å². The molecule has 10 heteroatoms. The molecule has 0 fully saturated rings. The third-order valence-electron chi connectivity index (χ3n) is 14.0. The van der Waals surface area contributed by atoms with E-state index in [1.807, 2.05) is 21.1 Å². The van der Waals surface area contributed by atoms with E-state index in [1.54, 1.807) is 0 Å². The number of ether oxygens (including phenoxy) is 2. The Morgan fingerprint density at radius 2 is 0.718 bits per heavy atom. The van der Waals surface area contributed by atoms with Crippen molar-refractivity contribution in [1.82, 2.24) is 0 Å². The number of likely N-dealkylation sites (N-methyl/N-ethyl adjacent to an activating group) is 1. The maximum absolute atomic E-state index is 12.8. The molecule has 0 aromatic rings. The third-order valence-corrected chi connectivity index (χ3v) is 15.0. The van der Waals surface area contributed by atoms with E-state index in [-0.39, 0.29) is 32.0 Å². The van der Waals surface area contributed by atoms with E-state index in [2.05, 4.69) is 26.0 Å². The number of unbranched alkanes of at least 4 members (excludes halogenated alkanes) is 42. The fraction of sp³-hybridized carbons (Fsp3) is 0.934. The minimum absolute atomic E-state index is 0.0269. The van der Waals surface area contributed by atoms with Crippen LogP contribution in [0.25, 0.3) is 0 Å². The monoisotopic (exact) mass is 1030 g/mol. The number of allylic oxidation sites excluding steroid dienone is 2. The van der Waals surface area contributed by atoms with E-state index < -0.39 is 26.5 Å². The van der Waals surface area contributed by atoms with Crippen LogP contribution >= 0.6 is 7.82 Å². The Hall–Kier alpha value is -1.25. The zero-order valence-corrected chi connectivity index (χ0v) is 48.8. The molecule has 0 amide bonds. The number of hydrogen-bond acceptors (Lipinski definition) is 8. The maximum Gasteiger partial charge on any atom is 0.306 e. The van der Waals surface area contributed by atoms with Gasteiger partial charge in [0.05, 0.1) is 27.7 Å². The second-order valence-corrected chi connectivity index (χ2v) is 23.8. The molecule has 0 saturated heterocycles. The molecule has 0 aliphatic carbocycles. The van der Waals surface area contributed by atoms with Gasteiger partial charge in [-0.25, -0.2) is 0 Å². The summed E-state index contributed by atoms with van der Waals surface area (Å²) in [6.07, 6.45) is 62.6. The highest BCUT2D eigenvalue weighted by atomic mass is 31.2. The van der Waals surface area contributed by atoms with Crippen molar-refractivity contribution in [2.45, 2.75) is 322 Å². The average molecular weight is 1030 g/mol. The molecule has 422 valence electrons. The standard InChI is InChI=1S/C61H120NO8P/c1-6-8-10-12-14-16-18-20-22-24-26-28-30-32-33-35-37-39-41-43-45-47-49-51-53-60(63)67-57-59(58-69-71(65,66)68-56-55-62(3,4)5)70-61(64)54-52-50-48-46-44-42-40-38-36-34-31-29-27-25-23-21-19-17-15-13-11-9-7-2/h25,27,59H,6-24,26,28-58H2,1-5H3/b27-25-. The zero-order chi connectivity index (χ0) is 52.0. The molecule has 0 aliphatic rings. The van der Waals surface area contributed by atoms with Crippen molar-refractivity contribution < 1.29 is 42.1 Å². The van der Waals surface area contributed by atoms with Gasteiger partial charge in [0.2, 0.25) is 0 Å². The van der Waals surface area contributed by atoms with Crippen LogP contribution in [0.15, 0.2) is 12.2 Å². The van der Waals surface area contributed by atoms with E-state index in [9.17, 15) is 19.0 Å². The first-order chi connectivity index (χ1) is 34.5. The molecule has 2 unspecified atom stereocenters. The highest BCUT2D eigenvalue weighted by Crippen LogP contribution is 2.38. The molecule has 0 spiro atoms. The minimum Gasteiger partial charge on any atom is -0.756 e. The summed E-state index contributed by atoms with van der Waals surface area (Å²) in [7, 11) is 1.19. The van der Waals surface area contributed by atoms with Crippen LogP contribution in [0.2, 0.25) is 0 Å². The molecule has 9 nitrogen and oxygen atoms in total. The Morgan fingerprint density at radius 3 is 1.04 bits per heavy atom. The van der Waals surface area contributed by atoms with Crippen molar-refractivity contribution >= 4 is 19.8 Å². The number of phosphoric acid groups is 1. The summed E-state index contributed by atoms with van der Waals surface area (Å²) < 4.78 is 34.2. The number of carbonyl (C=O) groups excluding carboxylic acids is 2. The van der Waals surface area contributed by atoms with E-state index in [0.29, 0.717) is 17.4 Å². The van der Waals surface area contributed by atoms with Crippen LogP contribution in [0, 0.1) is 0 Å². The topological polar surface area (TPSA) is 111 Å². The normalized spacial score (nSPS) is 13.3. The molecule has 71 heavy (non-hydrogen) atoms. The first-order valence-corrected chi connectivity index (χ1v) is 32.4. The molecule has 0 aromatic heterocycles. The molecular formula is C61H120NO8P. The van der Waals surface area contributed by atoms with Crippen molar-refractivity contribution in [3.63, 3.8) is 0 Å². The van der Waals surface area contributed by atoms with E-state index in [0.717, 1.165) is 38.5 Å². The van der Waals surface area contributed by atoms with Crippen LogP contribution < -0.4 is 4.89 Å². The van der Waals surface area contributed by atoms with Crippen LogP contribution in [0.4, 0.5) is 0 Å². The van der Waals surface area contributed by atoms with Crippen LogP contribution in [-0.2, 0) is 32.7 Å². The number of hydrogen-bond donors (Lipinski definition) is 0. The predicted octanol–water partition coefficient (Wildman–Crippen LogP) is 18.6. The average Bonchev–Trinajstić information content (AvgIpc) is 3.33. The van der Waals surface area contributed by atoms with E-state index >= 15 is 0 Å². The highest BCUT2D eigenvalue weighted by Gasteiger charge is 2.22. The SMILES string of the molecule is CCCCCCCCCC/C=C\CCCCCCCCCCCCCC(=O)OC(COC(=O)CCCCCCCCCCCCCCCCCCCCCCCCCC)COP(=O)([O-])OCC[N+](C)(C)C. The molecule has 0 N–H and O–H groups in total. The Bertz CT molecular complexity index is 1210. The number of phosphoric ester groups is 1. The predicted molar refractivity (Wildman–Crippen MR) is 301 cm³/mol. The lowest BCUT2D eigenvalue weighted by Crippen LogP contribution is -2.37. The molecule has 0 radical (unpaired) electrons. The second kappa shape index (κ2) is 53.6. The number of carbonyl (C=O) groups is 2. The third kappa shape index (κ3) is 57.9. The fourth-order valence-electron chi connectivity index (χ4n) is 9.24. The van der Waals surface area contributed by atoms with Gasteiger partial charge in [-0.3, -0.25) is 14.2 Å². The van der Waals surface area contributed by atoms with Crippen LogP contribution in [0.3, 0.4) is 0 Å². The van der Waals surface area contributed by atoms with Gasteiger partial charge < -0.3 is 27.9 Å². The molecule has 0 rings (SSSR count). The lowest BCUT2D eigenvalue weighted by Gasteiger charge is -2.28. The number of nitrogens with zero attached hydrogens (tertiary/aromatic N) is 1. The largest absolute Gasteiger partial charge is 0.756 e. The van der Waals surface area contributed by atoms with Crippen LogP contribution in [0.5, 0.6) is 0 Å². The number of quaternary nitrogens is 1. The summed E-state index contributed by atoms with van der Waals surface area (Å²) >= 11 is 0. The number of esters is 2. The Kier molecular flexibility index (Phi) is 52.6. The summed E-state index contributed by atoms with van der Waals surface area (Å²) in [5.74, 6) is -0.813. The van der Waals surface area contributed by atoms with E-state index in [1.165, 1.54) is 244 Å². The Morgan fingerprint density at radius 1 is 0.423 bits per heavy atom. The van der Waals surface area contributed by atoms with Gasteiger partial charge in [0, 0.05) is 12.8 Å². The summed E-state index contributed by atoms with van der Waals surface area (Å²) in [4.78, 5) is 37.9. The maximum atomic E-state index is 12.8. The summed E-state index contributed by atoms with van der Waals surface area (Å²) in [5.41, 5.74) is 0. The minimum atomic E-state index is -4.63. The summed E-state index contributed by atoms with van der Waals surface area (Å²) in [5, 5.41) is 0. The lowest BCUT2D eigenvalue weighted by atomic mass is 10.0. The fourth-order valence-corrected chi connectivity index (χ4v) is 9.97. The molecule has 2 atom stereocenters. The van der Waals surface area contributed by atoms with Crippen molar-refractivity contribution in [2.24, 2.45) is 0 Å². The van der Waals surface area contributed by atoms with Crippen molar-refractivity contribution in [3.05, 3.63) is 12.2 Å². The summed E-state index contributed by atoms with van der Waals surface area (Å²) in [6, 6.07) is 0. The van der Waals surface area contributed by atoms with Crippen LogP contribution in [-0.4, -0.2) is 70.0 Å². The summed E-state index contributed by atoms with van der Waals surface area (Å²) in [6.45, 7) is 4.31. The van der Waals surface area contributed by atoms with Gasteiger partial charge in [-0.05, 0) is 38.5 Å². The zero-order valence-electron chi connectivity index (χ0n) is 48.0. The first-order valence-electron chi connectivity index (χ1n) is 30.9. The Balaban J connectivity index is 4.08. The van der Waals surface area contributed by atoms with Gasteiger partial charge in [0.25, 0.3) is 7.82 Å². The second-order valence-electron chi connectivity index (χ2n) is 22.4. The smallest absolute Gasteiger partial charge is 0.306 e. The van der Waals surface area contributed by atoms with Crippen molar-refractivity contribution in [3.8, 4) is 0 Å². The molecule has 0 saturated carbocycles. The number of rotatable bonds is 58. The lowest BCUT2D eigenvalue weighted by molar-refractivity contribution is -0.870.